The van der Waals surface area contributed by atoms with Crippen LogP contribution in [0.3, 0.4) is 0 Å². The van der Waals surface area contributed by atoms with Crippen LogP contribution in [0.4, 0.5) is 0 Å². The van der Waals surface area contributed by atoms with Crippen LogP contribution in [0.2, 0.25) is 0 Å². The Labute approximate surface area is 105 Å². The van der Waals surface area contributed by atoms with Gasteiger partial charge in [0.25, 0.3) is 0 Å². The van der Waals surface area contributed by atoms with E-state index in [9.17, 15) is 0 Å². The minimum atomic E-state index is 0.694. The van der Waals surface area contributed by atoms with Crippen LogP contribution in [0.1, 0.15) is 0 Å². The number of hydrogen-bond donors (Lipinski definition) is 6. The summed E-state index contributed by atoms with van der Waals surface area (Å²) in [6, 6.07) is 0. The molecule has 0 bridgehead atoms. The lowest BCUT2D eigenvalue weighted by Crippen LogP contribution is -2.28. The van der Waals surface area contributed by atoms with Crippen LogP contribution in [0.15, 0.2) is 0 Å². The number of aliphatic hydroxyl groups excluding tert-OH is 1. The van der Waals surface area contributed by atoms with Gasteiger partial charge in [-0.15, -0.1) is 0 Å². The molecule has 0 radical (unpaired) electrons. The summed E-state index contributed by atoms with van der Waals surface area (Å²) in [5.41, 5.74) is 15.7. The molecule has 0 spiro atoms. The highest BCUT2D eigenvalue weighted by atomic mass is 16.2. The summed E-state index contributed by atoms with van der Waals surface area (Å²) in [6.07, 6.45) is 0. The third-order valence-electron chi connectivity index (χ3n) is 2.03. The summed E-state index contributed by atoms with van der Waals surface area (Å²) in [4.78, 5) is 2.31. The van der Waals surface area contributed by atoms with E-state index in [1.807, 2.05) is 0 Å². The van der Waals surface area contributed by atoms with Crippen molar-refractivity contribution < 1.29 is 5.11 Å². The minimum Gasteiger partial charge on any atom is -0.400 e. The lowest BCUT2D eigenvalue weighted by atomic mass is 10.5. The summed E-state index contributed by atoms with van der Waals surface area (Å²) in [5.74, 6) is 0. The van der Waals surface area contributed by atoms with Gasteiger partial charge in [0.1, 0.15) is 0 Å². The van der Waals surface area contributed by atoms with Gasteiger partial charge in [-0.25, -0.2) is 0 Å². The number of hydrogen-bond acceptors (Lipinski definition) is 7. The second kappa shape index (κ2) is 18.1. The summed E-state index contributed by atoms with van der Waals surface area (Å²) in [5, 5.41) is 13.3. The van der Waals surface area contributed by atoms with E-state index in [4.69, 9.17) is 22.3 Å². The first-order chi connectivity index (χ1) is 8.35. The number of nitrogens with two attached hydrogens (primary N) is 3. The Bertz CT molecular complexity index is 117. The third-order valence-corrected chi connectivity index (χ3v) is 2.03. The Hall–Kier alpha value is -0.280. The smallest absolute Gasteiger partial charge is 0.0481 e. The zero-order chi connectivity index (χ0) is 13.4. The molecule has 0 aromatic heterocycles. The van der Waals surface area contributed by atoms with E-state index in [1.165, 1.54) is 0 Å². The summed E-state index contributed by atoms with van der Waals surface area (Å²) < 4.78 is 0. The van der Waals surface area contributed by atoms with Crippen LogP contribution in [-0.2, 0) is 0 Å². The maximum Gasteiger partial charge on any atom is 0.0481 e. The van der Waals surface area contributed by atoms with Crippen molar-refractivity contribution >= 4 is 0 Å². The van der Waals surface area contributed by atoms with Gasteiger partial charge >= 0.3 is 0 Å². The predicted octanol–water partition coefficient (Wildman–Crippen LogP) is -3.09. The van der Waals surface area contributed by atoms with Gasteiger partial charge in [0, 0.05) is 66.1 Å². The molecule has 17 heavy (non-hydrogen) atoms. The van der Waals surface area contributed by atoms with Crippen molar-refractivity contribution in [2.75, 3.05) is 66.1 Å². The molecule has 1 rings (SSSR count). The van der Waals surface area contributed by atoms with E-state index < -0.39 is 0 Å². The van der Waals surface area contributed by atoms with Crippen LogP contribution in [-0.4, -0.2) is 76.1 Å². The maximum absolute atomic E-state index is 7.00. The lowest BCUT2D eigenvalue weighted by molar-refractivity contribution is 0.345. The minimum absolute atomic E-state index is 0.694. The fraction of sp³-hybridized carbons (Fsp3) is 1.00. The van der Waals surface area contributed by atoms with Crippen LogP contribution in [0.25, 0.3) is 0 Å². The Morgan fingerprint density at radius 2 is 1.71 bits per heavy atom. The third kappa shape index (κ3) is 15.7. The molecule has 7 heteroatoms. The molecule has 0 aromatic carbocycles. The van der Waals surface area contributed by atoms with E-state index in [0.717, 1.165) is 53.0 Å². The van der Waals surface area contributed by atoms with E-state index in [1.54, 1.807) is 0 Å². The molecule has 0 aliphatic carbocycles. The Morgan fingerprint density at radius 1 is 1.12 bits per heavy atom. The summed E-state index contributed by atoms with van der Waals surface area (Å²) in [7, 11) is 1.00. The van der Waals surface area contributed by atoms with Crippen molar-refractivity contribution in [1.82, 2.24) is 15.5 Å². The maximum atomic E-state index is 7.00. The number of nitrogens with zero attached hydrogens (tertiary/aromatic N) is 1. The first kappa shape index (κ1) is 19.1. The van der Waals surface area contributed by atoms with E-state index in [-0.39, 0.29) is 0 Å². The molecule has 0 amide bonds. The zero-order valence-corrected chi connectivity index (χ0v) is 11.0. The highest BCUT2D eigenvalue weighted by Crippen LogP contribution is 1.88. The molecular formula is C10H30N6O. The van der Waals surface area contributed by atoms with Crippen molar-refractivity contribution in [3.8, 4) is 0 Å². The highest BCUT2D eigenvalue weighted by molar-refractivity contribution is 4.64. The largest absolute Gasteiger partial charge is 0.400 e. The SMILES string of the molecule is CO.NCCN1CCNC1.NCCNCCN. The van der Waals surface area contributed by atoms with Gasteiger partial charge < -0.3 is 32.9 Å². The molecule has 1 aliphatic heterocycles. The molecule has 0 aromatic rings. The molecule has 7 nitrogen and oxygen atoms in total. The average molecular weight is 250 g/mol. The normalized spacial score (nSPS) is 14.6. The Kier molecular flexibility index (Phi) is 20.3. The number of nitrogens with one attached hydrogen (secondary N) is 2. The van der Waals surface area contributed by atoms with Crippen LogP contribution in [0, 0.1) is 0 Å². The number of aliphatic hydroxyl groups is 1. The molecule has 0 atom stereocenters. The quantitative estimate of drug-likeness (QED) is 0.276. The van der Waals surface area contributed by atoms with Gasteiger partial charge in [0.2, 0.25) is 0 Å². The molecule has 0 saturated carbocycles. The Morgan fingerprint density at radius 3 is 2.06 bits per heavy atom. The fourth-order valence-corrected chi connectivity index (χ4v) is 1.26. The van der Waals surface area contributed by atoms with Gasteiger partial charge in [-0.05, 0) is 0 Å². The van der Waals surface area contributed by atoms with Crippen molar-refractivity contribution in [2.45, 2.75) is 0 Å². The van der Waals surface area contributed by atoms with E-state index in [0.29, 0.717) is 13.1 Å². The van der Waals surface area contributed by atoms with Crippen molar-refractivity contribution in [2.24, 2.45) is 17.2 Å². The fourth-order valence-electron chi connectivity index (χ4n) is 1.26. The monoisotopic (exact) mass is 250 g/mol. The summed E-state index contributed by atoms with van der Waals surface area (Å²) in [6.45, 7) is 8.26. The van der Waals surface area contributed by atoms with Crippen LogP contribution in [0.5, 0.6) is 0 Å². The van der Waals surface area contributed by atoms with Crippen molar-refractivity contribution in [3.63, 3.8) is 0 Å². The van der Waals surface area contributed by atoms with Gasteiger partial charge in [0.05, 0.1) is 0 Å². The van der Waals surface area contributed by atoms with E-state index >= 15 is 0 Å². The van der Waals surface area contributed by atoms with Gasteiger partial charge in [-0.2, -0.15) is 0 Å². The molecule has 1 heterocycles. The zero-order valence-electron chi connectivity index (χ0n) is 11.0. The van der Waals surface area contributed by atoms with Gasteiger partial charge in [-0.1, -0.05) is 0 Å². The molecule has 1 aliphatic rings. The van der Waals surface area contributed by atoms with E-state index in [2.05, 4.69) is 15.5 Å². The Balaban J connectivity index is 0. The molecule has 1 fully saturated rings. The van der Waals surface area contributed by atoms with Crippen molar-refractivity contribution in [3.05, 3.63) is 0 Å². The first-order valence-corrected chi connectivity index (χ1v) is 6.03. The molecule has 9 N–H and O–H groups in total. The molecule has 1 saturated heterocycles. The second-order valence-corrected chi connectivity index (χ2v) is 3.39. The van der Waals surface area contributed by atoms with Gasteiger partial charge in [-0.3, -0.25) is 4.90 Å². The second-order valence-electron chi connectivity index (χ2n) is 3.39. The molecule has 106 valence electrons. The molecular weight excluding hydrogens is 220 g/mol. The topological polar surface area (TPSA) is 126 Å². The van der Waals surface area contributed by atoms with Crippen LogP contribution < -0.4 is 27.8 Å². The van der Waals surface area contributed by atoms with Crippen LogP contribution >= 0.6 is 0 Å². The molecule has 0 unspecified atom stereocenters. The first-order valence-electron chi connectivity index (χ1n) is 6.03. The predicted molar refractivity (Wildman–Crippen MR) is 72.6 cm³/mol. The average Bonchev–Trinajstić information content (AvgIpc) is 2.87. The summed E-state index contributed by atoms with van der Waals surface area (Å²) >= 11 is 0. The van der Waals surface area contributed by atoms with Gasteiger partial charge in [0.15, 0.2) is 0 Å². The lowest BCUT2D eigenvalue weighted by Gasteiger charge is -2.10. The standard InChI is InChI=1S/C5H13N3.C4H13N3.CH4O/c6-1-3-8-4-2-7-5-8;5-1-3-7-4-2-6;1-2/h7H,1-6H2;7H,1-6H2;2H,1H3. The van der Waals surface area contributed by atoms with Crippen molar-refractivity contribution in [1.29, 1.82) is 0 Å². The number of rotatable bonds is 6. The highest BCUT2D eigenvalue weighted by Gasteiger charge is 2.07.